The second kappa shape index (κ2) is 14.1. The quantitative estimate of drug-likeness (QED) is 0.197. The van der Waals surface area contributed by atoms with Gasteiger partial charge in [0.25, 0.3) is 0 Å². The molecule has 0 spiro atoms. The maximum Gasteiger partial charge on any atom is 4.00 e. The van der Waals surface area contributed by atoms with Crippen LogP contribution in [0.2, 0.25) is 0 Å². The molecule has 0 N–H and O–H groups in total. The summed E-state index contributed by atoms with van der Waals surface area (Å²) in [5.74, 6) is 0. The molecule has 0 heterocycles. The van der Waals surface area contributed by atoms with Crippen molar-refractivity contribution in [2.24, 2.45) is 0 Å². The monoisotopic (exact) mass is 670 g/mol. The number of unbranched alkanes of at least 4 members (excludes halogenated alkanes) is 1. The molecular weight excluding hydrogens is 648 g/mol. The predicted octanol–water partition coefficient (Wildman–Crippen LogP) is -0.688. The Balaban J connectivity index is 0. The van der Waals surface area contributed by atoms with Crippen molar-refractivity contribution in [3.05, 3.63) is 72.3 Å². The normalized spacial score (nSPS) is 8.62. The third-order valence-corrected chi connectivity index (χ3v) is 3.10. The smallest absolute Gasteiger partial charge is 1.00 e. The summed E-state index contributed by atoms with van der Waals surface area (Å²) in [7, 11) is 0. The second-order valence-corrected chi connectivity index (χ2v) is 4.55. The SMILES string of the molecule is CCCC[c-]1cccc1.[Hf+4].[I-].[I-].c1ccc2[cH-]ccc2c1. The maximum atomic E-state index is 2.23. The molecule has 0 aliphatic carbocycles. The van der Waals surface area contributed by atoms with Gasteiger partial charge in [0.1, 0.15) is 0 Å². The first-order valence-electron chi connectivity index (χ1n) is 6.71. The molecule has 0 radical (unpaired) electrons. The molecule has 0 saturated carbocycles. The number of aryl methyl sites for hydroxylation is 1. The van der Waals surface area contributed by atoms with E-state index in [1.165, 1.54) is 35.6 Å². The molecule has 0 nitrogen and oxygen atoms in total. The van der Waals surface area contributed by atoms with Gasteiger partial charge in [-0.05, 0) is 0 Å². The minimum absolute atomic E-state index is 0. The fraction of sp³-hybridized carbons (Fsp3) is 0.222. The number of halogens is 2. The predicted molar refractivity (Wildman–Crippen MR) is 80.2 cm³/mol. The summed E-state index contributed by atoms with van der Waals surface area (Å²) < 4.78 is 0. The molecule has 110 valence electrons. The van der Waals surface area contributed by atoms with Gasteiger partial charge in [0.15, 0.2) is 0 Å². The van der Waals surface area contributed by atoms with E-state index < -0.39 is 0 Å². The summed E-state index contributed by atoms with van der Waals surface area (Å²) in [5.41, 5.74) is 1.48. The molecule has 0 aliphatic rings. The van der Waals surface area contributed by atoms with E-state index in [1.54, 1.807) is 0 Å². The van der Waals surface area contributed by atoms with Gasteiger partial charge in [0.2, 0.25) is 0 Å². The van der Waals surface area contributed by atoms with Gasteiger partial charge in [-0.3, -0.25) is 0 Å². The molecule has 0 bridgehead atoms. The zero-order chi connectivity index (χ0) is 12.6. The van der Waals surface area contributed by atoms with Crippen LogP contribution in [0.25, 0.3) is 10.8 Å². The first kappa shape index (κ1) is 23.8. The standard InChI is InChI=1S/C9H7.C9H13.Hf.2HI/c1-2-5-9-7-3-6-8(9)4-1;1-2-3-6-9-7-4-5-8-9;;;/h1-7H;4-5,7-8H,2-3,6H2,1H3;;2*1H/q2*-1;+4;;/p-2. The van der Waals surface area contributed by atoms with Gasteiger partial charge in [-0.25, -0.2) is 12.1 Å². The molecule has 0 amide bonds. The summed E-state index contributed by atoms with van der Waals surface area (Å²) in [6, 6.07) is 23.3. The van der Waals surface area contributed by atoms with Crippen molar-refractivity contribution in [1.82, 2.24) is 0 Å². The molecular formula is C18H20HfI2. The van der Waals surface area contributed by atoms with Crippen molar-refractivity contribution in [3.63, 3.8) is 0 Å². The number of benzene rings is 1. The Morgan fingerprint density at radius 1 is 0.952 bits per heavy atom. The molecule has 3 aromatic carbocycles. The third-order valence-electron chi connectivity index (χ3n) is 3.10. The van der Waals surface area contributed by atoms with Crippen LogP contribution in [0.4, 0.5) is 0 Å². The number of rotatable bonds is 3. The number of hydrogen-bond acceptors (Lipinski definition) is 0. The van der Waals surface area contributed by atoms with Crippen molar-refractivity contribution >= 4 is 10.8 Å². The van der Waals surface area contributed by atoms with Gasteiger partial charge < -0.3 is 48.0 Å². The zero-order valence-electron chi connectivity index (χ0n) is 12.2. The van der Waals surface area contributed by atoms with Crippen molar-refractivity contribution in [3.8, 4) is 0 Å². The Kier molecular flexibility index (Phi) is 16.0. The molecule has 0 saturated heterocycles. The average Bonchev–Trinajstić information content (AvgIpc) is 3.08. The van der Waals surface area contributed by atoms with Gasteiger partial charge in [-0.15, -0.1) is 29.7 Å². The van der Waals surface area contributed by atoms with Crippen LogP contribution in [-0.2, 0) is 32.3 Å². The first-order chi connectivity index (χ1) is 8.90. The molecule has 3 rings (SSSR count). The summed E-state index contributed by atoms with van der Waals surface area (Å²) in [5, 5.41) is 2.66. The third kappa shape index (κ3) is 8.65. The average molecular weight is 669 g/mol. The van der Waals surface area contributed by atoms with Gasteiger partial charge in [-0.1, -0.05) is 32.3 Å². The Labute approximate surface area is 181 Å². The van der Waals surface area contributed by atoms with E-state index >= 15 is 0 Å². The topological polar surface area (TPSA) is 0 Å². The van der Waals surface area contributed by atoms with Crippen LogP contribution < -0.4 is 48.0 Å². The van der Waals surface area contributed by atoms with Crippen molar-refractivity contribution in [2.45, 2.75) is 26.2 Å². The maximum absolute atomic E-state index is 2.23. The summed E-state index contributed by atoms with van der Waals surface area (Å²) in [4.78, 5) is 0. The van der Waals surface area contributed by atoms with Gasteiger partial charge in [0.05, 0.1) is 0 Å². The molecule has 0 aromatic heterocycles. The van der Waals surface area contributed by atoms with Crippen LogP contribution in [0.15, 0.2) is 66.7 Å². The van der Waals surface area contributed by atoms with Gasteiger partial charge >= 0.3 is 25.8 Å². The van der Waals surface area contributed by atoms with Crippen LogP contribution in [0, 0.1) is 0 Å². The van der Waals surface area contributed by atoms with Gasteiger partial charge in [0, 0.05) is 0 Å². The van der Waals surface area contributed by atoms with Crippen molar-refractivity contribution in [2.75, 3.05) is 0 Å². The van der Waals surface area contributed by atoms with E-state index in [9.17, 15) is 0 Å². The summed E-state index contributed by atoms with van der Waals surface area (Å²) in [6.07, 6.45) is 3.87. The van der Waals surface area contributed by atoms with E-state index in [0.717, 1.165) is 0 Å². The summed E-state index contributed by atoms with van der Waals surface area (Å²) >= 11 is 0. The zero-order valence-corrected chi connectivity index (χ0v) is 20.1. The van der Waals surface area contributed by atoms with Crippen LogP contribution in [0.5, 0.6) is 0 Å². The summed E-state index contributed by atoms with van der Waals surface area (Å²) in [6.45, 7) is 2.23. The van der Waals surface area contributed by atoms with Crippen molar-refractivity contribution in [1.29, 1.82) is 0 Å². The Morgan fingerprint density at radius 3 is 2.24 bits per heavy atom. The van der Waals surface area contributed by atoms with E-state index in [1.807, 2.05) is 0 Å². The Morgan fingerprint density at radius 2 is 1.62 bits per heavy atom. The van der Waals surface area contributed by atoms with Crippen LogP contribution in [-0.4, -0.2) is 0 Å². The van der Waals surface area contributed by atoms with Gasteiger partial charge in [-0.2, -0.15) is 35.2 Å². The largest absolute Gasteiger partial charge is 4.00 e. The molecule has 0 unspecified atom stereocenters. The van der Waals surface area contributed by atoms with E-state index in [-0.39, 0.29) is 73.8 Å². The minimum Gasteiger partial charge on any atom is -1.00 e. The molecule has 3 heteroatoms. The minimum atomic E-state index is 0. The van der Waals surface area contributed by atoms with E-state index in [4.69, 9.17) is 0 Å². The van der Waals surface area contributed by atoms with Crippen molar-refractivity contribution < 1.29 is 73.8 Å². The van der Waals surface area contributed by atoms with Crippen LogP contribution >= 0.6 is 0 Å². The number of fused-ring (bicyclic) bond motifs is 1. The van der Waals surface area contributed by atoms with Crippen LogP contribution in [0.1, 0.15) is 25.3 Å². The van der Waals surface area contributed by atoms with E-state index in [0.29, 0.717) is 0 Å². The van der Waals surface area contributed by atoms with E-state index in [2.05, 4.69) is 73.7 Å². The Bertz CT molecular complexity index is 525. The molecule has 0 atom stereocenters. The molecule has 0 aliphatic heterocycles. The fourth-order valence-corrected chi connectivity index (χ4v) is 2.03. The molecule has 21 heavy (non-hydrogen) atoms. The number of hydrogen-bond donors (Lipinski definition) is 0. The molecule has 0 fully saturated rings. The van der Waals surface area contributed by atoms with Crippen LogP contribution in [0.3, 0.4) is 0 Å². The fourth-order valence-electron chi connectivity index (χ4n) is 2.03. The first-order valence-corrected chi connectivity index (χ1v) is 6.71. The Hall–Kier alpha value is 0.510. The second-order valence-electron chi connectivity index (χ2n) is 4.55. The molecule has 3 aromatic rings.